The summed E-state index contributed by atoms with van der Waals surface area (Å²) in [5.74, 6) is 0. The molecule has 1 aromatic carbocycles. The van der Waals surface area contributed by atoms with Crippen LogP contribution in [0.15, 0.2) is 22.6 Å². The third kappa shape index (κ3) is 1.12. The summed E-state index contributed by atoms with van der Waals surface area (Å²) in [5.41, 5.74) is -0.248. The fourth-order valence-corrected chi connectivity index (χ4v) is 1.05. The molecule has 66 valence electrons. The first kappa shape index (κ1) is 7.66. The van der Waals surface area contributed by atoms with Crippen LogP contribution in [0.3, 0.4) is 0 Å². The molecule has 6 heteroatoms. The molecule has 0 spiro atoms. The van der Waals surface area contributed by atoms with Crippen molar-refractivity contribution < 1.29 is 13.7 Å². The first-order valence-corrected chi connectivity index (χ1v) is 3.38. The number of hydrogen-bond donors (Lipinski definition) is 0. The zero-order valence-corrected chi connectivity index (χ0v) is 6.23. The molecule has 0 aliphatic heterocycles. The van der Waals surface area contributed by atoms with E-state index in [-0.39, 0.29) is 16.8 Å². The molecule has 2 rings (SSSR count). The second-order valence-electron chi connectivity index (χ2n) is 2.35. The highest BCUT2D eigenvalue weighted by atomic mass is 19.1. The fraction of sp³-hybridized carbons (Fsp3) is 0. The van der Waals surface area contributed by atoms with Crippen molar-refractivity contribution in [3.05, 3.63) is 34.5 Å². The van der Waals surface area contributed by atoms with Crippen LogP contribution in [-0.2, 0) is 0 Å². The zero-order valence-electron chi connectivity index (χ0n) is 6.23. The number of para-hydroxylation sites is 1. The highest BCUT2D eigenvalue weighted by molar-refractivity contribution is 5.82. The number of rotatable bonds is 1. The van der Waals surface area contributed by atoms with Crippen molar-refractivity contribution in [2.24, 2.45) is 0 Å². The molecule has 0 saturated heterocycles. The summed E-state index contributed by atoms with van der Waals surface area (Å²) in [6.07, 6.45) is -1.07. The SMILES string of the molecule is O=[N+]([O-])c1cccc2oc(F)nc12. The molecule has 13 heavy (non-hydrogen) atoms. The molecular weight excluding hydrogens is 179 g/mol. The van der Waals surface area contributed by atoms with Crippen LogP contribution in [-0.4, -0.2) is 9.91 Å². The Morgan fingerprint density at radius 3 is 3.00 bits per heavy atom. The van der Waals surface area contributed by atoms with Crippen LogP contribution >= 0.6 is 0 Å². The Labute approximate surface area is 70.9 Å². The van der Waals surface area contributed by atoms with Gasteiger partial charge in [0.2, 0.25) is 0 Å². The molecule has 5 nitrogen and oxygen atoms in total. The molecule has 0 aliphatic rings. The highest BCUT2D eigenvalue weighted by Gasteiger charge is 2.16. The van der Waals surface area contributed by atoms with Crippen molar-refractivity contribution in [1.82, 2.24) is 4.98 Å². The van der Waals surface area contributed by atoms with Gasteiger partial charge in [-0.15, -0.1) is 4.39 Å². The first-order chi connectivity index (χ1) is 6.18. The fourth-order valence-electron chi connectivity index (χ4n) is 1.05. The summed E-state index contributed by atoms with van der Waals surface area (Å²) in [5, 5.41) is 10.4. The van der Waals surface area contributed by atoms with Crippen LogP contribution in [0.1, 0.15) is 0 Å². The van der Waals surface area contributed by atoms with E-state index in [2.05, 4.69) is 9.40 Å². The van der Waals surface area contributed by atoms with E-state index in [1.807, 2.05) is 0 Å². The Morgan fingerprint density at radius 2 is 2.31 bits per heavy atom. The summed E-state index contributed by atoms with van der Waals surface area (Å²) >= 11 is 0. The number of oxazole rings is 1. The number of fused-ring (bicyclic) bond motifs is 1. The maximum absolute atomic E-state index is 12.5. The number of halogens is 1. The van der Waals surface area contributed by atoms with E-state index in [0.717, 1.165) is 0 Å². The smallest absolute Gasteiger partial charge is 0.382 e. The zero-order chi connectivity index (χ0) is 9.42. The number of benzene rings is 1. The molecular formula is C7H3FN2O3. The van der Waals surface area contributed by atoms with Crippen LogP contribution in [0, 0.1) is 16.3 Å². The molecule has 0 unspecified atom stereocenters. The molecule has 0 bridgehead atoms. The molecule has 0 amide bonds. The average molecular weight is 182 g/mol. The number of nitro groups is 1. The van der Waals surface area contributed by atoms with Gasteiger partial charge in [0.25, 0.3) is 5.69 Å². The predicted octanol–water partition coefficient (Wildman–Crippen LogP) is 1.88. The monoisotopic (exact) mass is 182 g/mol. The van der Waals surface area contributed by atoms with Gasteiger partial charge in [0, 0.05) is 6.07 Å². The van der Waals surface area contributed by atoms with E-state index in [1.165, 1.54) is 18.2 Å². The van der Waals surface area contributed by atoms with Gasteiger partial charge >= 0.3 is 6.14 Å². The quantitative estimate of drug-likeness (QED) is 0.498. The van der Waals surface area contributed by atoms with E-state index in [1.54, 1.807) is 0 Å². The number of hydrogen-bond acceptors (Lipinski definition) is 4. The van der Waals surface area contributed by atoms with E-state index in [0.29, 0.717) is 0 Å². The second kappa shape index (κ2) is 2.51. The molecule has 1 aromatic heterocycles. The van der Waals surface area contributed by atoms with Crippen LogP contribution in [0.25, 0.3) is 11.1 Å². The van der Waals surface area contributed by atoms with Gasteiger partial charge in [-0.05, 0) is 6.07 Å². The van der Waals surface area contributed by atoms with Gasteiger partial charge in [0.05, 0.1) is 4.92 Å². The second-order valence-corrected chi connectivity index (χ2v) is 2.35. The van der Waals surface area contributed by atoms with Gasteiger partial charge in [0.15, 0.2) is 11.1 Å². The van der Waals surface area contributed by atoms with Crippen molar-refractivity contribution in [1.29, 1.82) is 0 Å². The molecule has 0 radical (unpaired) electrons. The maximum Gasteiger partial charge on any atom is 0.382 e. The lowest BCUT2D eigenvalue weighted by atomic mass is 10.3. The lowest BCUT2D eigenvalue weighted by molar-refractivity contribution is -0.383. The Kier molecular flexibility index (Phi) is 1.48. The van der Waals surface area contributed by atoms with Gasteiger partial charge in [0.1, 0.15) is 0 Å². The van der Waals surface area contributed by atoms with Crippen molar-refractivity contribution >= 4 is 16.8 Å². The average Bonchev–Trinajstić information content (AvgIpc) is 2.43. The summed E-state index contributed by atoms with van der Waals surface area (Å²) in [4.78, 5) is 13.1. The van der Waals surface area contributed by atoms with Crippen molar-refractivity contribution in [2.45, 2.75) is 0 Å². The standard InChI is InChI=1S/C7H3FN2O3/c8-7-9-6-4(10(11)12)2-1-3-5(6)13-7/h1-3H. The Hall–Kier alpha value is -1.98. The minimum Gasteiger partial charge on any atom is -0.414 e. The molecule has 1 heterocycles. The van der Waals surface area contributed by atoms with Gasteiger partial charge < -0.3 is 4.42 Å². The van der Waals surface area contributed by atoms with Gasteiger partial charge in [-0.2, -0.15) is 4.98 Å². The van der Waals surface area contributed by atoms with Crippen molar-refractivity contribution in [2.75, 3.05) is 0 Å². The largest absolute Gasteiger partial charge is 0.414 e. The Morgan fingerprint density at radius 1 is 1.54 bits per heavy atom. The molecule has 0 atom stereocenters. The Balaban J connectivity index is 2.82. The third-order valence-corrected chi connectivity index (χ3v) is 1.57. The van der Waals surface area contributed by atoms with Crippen LogP contribution in [0.5, 0.6) is 0 Å². The molecule has 2 aromatic rings. The minimum absolute atomic E-state index is 0.0648. The van der Waals surface area contributed by atoms with Crippen molar-refractivity contribution in [3.63, 3.8) is 0 Å². The molecule has 0 N–H and O–H groups in total. The van der Waals surface area contributed by atoms with Crippen LogP contribution < -0.4 is 0 Å². The summed E-state index contributed by atoms with van der Waals surface area (Å²) in [7, 11) is 0. The van der Waals surface area contributed by atoms with Crippen molar-refractivity contribution in [3.8, 4) is 0 Å². The summed E-state index contributed by atoms with van der Waals surface area (Å²) in [6.45, 7) is 0. The van der Waals surface area contributed by atoms with E-state index in [4.69, 9.17) is 0 Å². The van der Waals surface area contributed by atoms with Crippen LogP contribution in [0.4, 0.5) is 10.1 Å². The maximum atomic E-state index is 12.5. The topological polar surface area (TPSA) is 69.2 Å². The van der Waals surface area contributed by atoms with Gasteiger partial charge in [-0.1, -0.05) is 6.07 Å². The van der Waals surface area contributed by atoms with Crippen LogP contribution in [0.2, 0.25) is 0 Å². The lowest BCUT2D eigenvalue weighted by Gasteiger charge is -1.88. The number of nitro benzene ring substituents is 1. The number of non-ortho nitro benzene ring substituents is 1. The summed E-state index contributed by atoms with van der Waals surface area (Å²) < 4.78 is 16.9. The lowest BCUT2D eigenvalue weighted by Crippen LogP contribution is -1.88. The summed E-state index contributed by atoms with van der Waals surface area (Å²) in [6, 6.07) is 4.06. The first-order valence-electron chi connectivity index (χ1n) is 3.38. The number of nitrogens with zero attached hydrogens (tertiary/aromatic N) is 2. The normalized spacial score (nSPS) is 10.5. The Bertz CT molecular complexity index is 480. The number of aromatic nitrogens is 1. The third-order valence-electron chi connectivity index (χ3n) is 1.57. The van der Waals surface area contributed by atoms with Gasteiger partial charge in [-0.3, -0.25) is 10.1 Å². The van der Waals surface area contributed by atoms with E-state index in [9.17, 15) is 14.5 Å². The van der Waals surface area contributed by atoms with Gasteiger partial charge in [-0.25, -0.2) is 0 Å². The molecule has 0 aliphatic carbocycles. The molecule has 0 fully saturated rings. The molecule has 0 saturated carbocycles. The minimum atomic E-state index is -1.07. The predicted molar refractivity (Wildman–Crippen MR) is 40.6 cm³/mol. The van der Waals surface area contributed by atoms with E-state index >= 15 is 0 Å². The van der Waals surface area contributed by atoms with E-state index < -0.39 is 11.1 Å². The highest BCUT2D eigenvalue weighted by Crippen LogP contribution is 2.24.